The summed E-state index contributed by atoms with van der Waals surface area (Å²) in [6, 6.07) is 12.3. The first-order valence-corrected chi connectivity index (χ1v) is 10.0. The van der Waals surface area contributed by atoms with Crippen molar-refractivity contribution < 1.29 is 17.9 Å². The Bertz CT molecular complexity index is 892. The fourth-order valence-electron chi connectivity index (χ4n) is 2.37. The number of nitrogens with one attached hydrogen (secondary N) is 1. The van der Waals surface area contributed by atoms with Gasteiger partial charge in [-0.25, -0.2) is 8.42 Å². The van der Waals surface area contributed by atoms with E-state index in [-0.39, 0.29) is 5.91 Å². The van der Waals surface area contributed by atoms with Gasteiger partial charge in [0.05, 0.1) is 11.9 Å². The van der Waals surface area contributed by atoms with Crippen molar-refractivity contribution in [2.45, 2.75) is 26.9 Å². The molecule has 0 saturated heterocycles. The lowest BCUT2D eigenvalue weighted by Gasteiger charge is -2.18. The van der Waals surface area contributed by atoms with Crippen molar-refractivity contribution in [1.29, 1.82) is 0 Å². The monoisotopic (exact) mass is 376 g/mol. The second-order valence-corrected chi connectivity index (χ2v) is 8.31. The highest BCUT2D eigenvalue weighted by Gasteiger charge is 2.17. The first kappa shape index (κ1) is 19.8. The van der Waals surface area contributed by atoms with Crippen LogP contribution in [0.1, 0.15) is 18.1 Å². The average Bonchev–Trinajstić information content (AvgIpc) is 2.56. The van der Waals surface area contributed by atoms with Crippen LogP contribution in [0.5, 0.6) is 5.75 Å². The van der Waals surface area contributed by atoms with Gasteiger partial charge in [-0.1, -0.05) is 17.7 Å². The number of ether oxygens (including phenoxy) is 1. The van der Waals surface area contributed by atoms with Crippen molar-refractivity contribution in [2.24, 2.45) is 0 Å². The lowest BCUT2D eigenvalue weighted by atomic mass is 10.1. The second kappa shape index (κ2) is 7.78. The number of carbonyl (C=O) groups is 1. The molecule has 7 heteroatoms. The summed E-state index contributed by atoms with van der Waals surface area (Å²) in [5.41, 5.74) is 3.39. The van der Waals surface area contributed by atoms with Gasteiger partial charge in [0.15, 0.2) is 6.10 Å². The maximum Gasteiger partial charge on any atom is 0.265 e. The normalized spacial score (nSPS) is 12.3. The molecule has 0 saturated carbocycles. The summed E-state index contributed by atoms with van der Waals surface area (Å²) in [5, 5.41) is 2.86. The Balaban J connectivity index is 2.02. The molecular formula is C19H24N2O4S. The molecule has 2 aromatic carbocycles. The van der Waals surface area contributed by atoms with Crippen LogP contribution in [0.25, 0.3) is 0 Å². The smallest absolute Gasteiger partial charge is 0.265 e. The highest BCUT2D eigenvalue weighted by molar-refractivity contribution is 7.92. The lowest BCUT2D eigenvalue weighted by Crippen LogP contribution is -2.30. The molecule has 0 spiro atoms. The third-order valence-corrected chi connectivity index (χ3v) is 5.23. The molecule has 0 aliphatic rings. The topological polar surface area (TPSA) is 75.7 Å². The predicted molar refractivity (Wildman–Crippen MR) is 104 cm³/mol. The van der Waals surface area contributed by atoms with Gasteiger partial charge in [0.1, 0.15) is 5.75 Å². The summed E-state index contributed by atoms with van der Waals surface area (Å²) in [5.74, 6) is 0.230. The molecular weight excluding hydrogens is 352 g/mol. The minimum atomic E-state index is -3.32. The van der Waals surface area contributed by atoms with Gasteiger partial charge in [-0.3, -0.25) is 9.10 Å². The van der Waals surface area contributed by atoms with Gasteiger partial charge in [-0.15, -0.1) is 0 Å². The zero-order valence-electron chi connectivity index (χ0n) is 15.6. The Morgan fingerprint density at radius 3 is 2.27 bits per heavy atom. The van der Waals surface area contributed by atoms with Crippen LogP contribution in [-0.4, -0.2) is 33.7 Å². The predicted octanol–water partition coefficient (Wildman–Crippen LogP) is 3.11. The fraction of sp³-hybridized carbons (Fsp3) is 0.316. The van der Waals surface area contributed by atoms with Gasteiger partial charge in [0, 0.05) is 12.7 Å². The van der Waals surface area contributed by atoms with E-state index in [1.807, 2.05) is 32.0 Å². The summed E-state index contributed by atoms with van der Waals surface area (Å²) >= 11 is 0. The largest absolute Gasteiger partial charge is 0.481 e. The van der Waals surface area contributed by atoms with Crippen LogP contribution < -0.4 is 14.4 Å². The molecule has 1 N–H and O–H groups in total. The van der Waals surface area contributed by atoms with E-state index in [9.17, 15) is 13.2 Å². The van der Waals surface area contributed by atoms with Crippen LogP contribution in [0.4, 0.5) is 11.4 Å². The fourth-order valence-corrected chi connectivity index (χ4v) is 2.88. The molecule has 1 atom stereocenters. The van der Waals surface area contributed by atoms with E-state index in [1.165, 1.54) is 11.4 Å². The number of rotatable bonds is 6. The maximum absolute atomic E-state index is 12.3. The number of anilines is 2. The van der Waals surface area contributed by atoms with Crippen LogP contribution in [0.15, 0.2) is 42.5 Å². The molecule has 0 aliphatic heterocycles. The van der Waals surface area contributed by atoms with Crippen molar-refractivity contribution >= 4 is 27.3 Å². The SMILES string of the molecule is Cc1ccc(NC(=O)[C@@H](C)Oc2ccc(N(C)S(C)(=O)=O)cc2)c(C)c1. The highest BCUT2D eigenvalue weighted by atomic mass is 32.2. The number of amides is 1. The minimum absolute atomic E-state index is 0.255. The maximum atomic E-state index is 12.3. The Hall–Kier alpha value is -2.54. The quantitative estimate of drug-likeness (QED) is 0.840. The molecule has 0 radical (unpaired) electrons. The summed E-state index contributed by atoms with van der Waals surface area (Å²) in [4.78, 5) is 12.3. The van der Waals surface area contributed by atoms with E-state index in [0.29, 0.717) is 11.4 Å². The molecule has 0 bridgehead atoms. The molecule has 0 fully saturated rings. The van der Waals surface area contributed by atoms with Gasteiger partial charge in [0.25, 0.3) is 5.91 Å². The number of hydrogen-bond donors (Lipinski definition) is 1. The third kappa shape index (κ3) is 4.98. The summed E-state index contributed by atoms with van der Waals surface area (Å²) < 4.78 is 29.9. The van der Waals surface area contributed by atoms with Gasteiger partial charge in [0.2, 0.25) is 10.0 Å². The van der Waals surface area contributed by atoms with Crippen LogP contribution in [0.3, 0.4) is 0 Å². The summed E-state index contributed by atoms with van der Waals surface area (Å²) in [6.45, 7) is 5.59. The van der Waals surface area contributed by atoms with E-state index < -0.39 is 16.1 Å². The lowest BCUT2D eigenvalue weighted by molar-refractivity contribution is -0.122. The van der Waals surface area contributed by atoms with Gasteiger partial charge >= 0.3 is 0 Å². The number of carbonyl (C=O) groups excluding carboxylic acids is 1. The van der Waals surface area contributed by atoms with Crippen LogP contribution in [-0.2, 0) is 14.8 Å². The van der Waals surface area contributed by atoms with E-state index in [4.69, 9.17) is 4.74 Å². The molecule has 140 valence electrons. The Labute approximate surface area is 154 Å². The molecule has 2 aromatic rings. The summed E-state index contributed by atoms with van der Waals surface area (Å²) in [6.07, 6.45) is 0.436. The molecule has 0 heterocycles. The first-order chi connectivity index (χ1) is 12.1. The molecule has 26 heavy (non-hydrogen) atoms. The Morgan fingerprint density at radius 1 is 1.12 bits per heavy atom. The van der Waals surface area contributed by atoms with Crippen molar-refractivity contribution in [3.05, 3.63) is 53.6 Å². The molecule has 0 aliphatic carbocycles. The van der Waals surface area contributed by atoms with E-state index >= 15 is 0 Å². The molecule has 0 aromatic heterocycles. The average molecular weight is 376 g/mol. The first-order valence-electron chi connectivity index (χ1n) is 8.16. The van der Waals surface area contributed by atoms with Crippen LogP contribution in [0, 0.1) is 13.8 Å². The molecule has 1 amide bonds. The van der Waals surface area contributed by atoms with E-state index in [2.05, 4.69) is 5.32 Å². The standard InChI is InChI=1S/C19H24N2O4S/c1-13-6-11-18(14(2)12-13)20-19(22)15(3)25-17-9-7-16(8-10-17)21(4)26(5,23)24/h6-12,15H,1-5H3,(H,20,22)/t15-/m1/s1. The van der Waals surface area contributed by atoms with Gasteiger partial charge in [-0.2, -0.15) is 0 Å². The highest BCUT2D eigenvalue weighted by Crippen LogP contribution is 2.22. The van der Waals surface area contributed by atoms with Crippen molar-refractivity contribution in [3.8, 4) is 5.75 Å². The van der Waals surface area contributed by atoms with E-state index in [1.54, 1.807) is 31.2 Å². The van der Waals surface area contributed by atoms with Gasteiger partial charge < -0.3 is 10.1 Å². The van der Waals surface area contributed by atoms with Crippen molar-refractivity contribution in [1.82, 2.24) is 0 Å². The number of aryl methyl sites for hydroxylation is 2. The number of benzene rings is 2. The molecule has 0 unspecified atom stereocenters. The zero-order valence-corrected chi connectivity index (χ0v) is 16.4. The Morgan fingerprint density at radius 2 is 1.73 bits per heavy atom. The number of hydrogen-bond acceptors (Lipinski definition) is 4. The van der Waals surface area contributed by atoms with E-state index in [0.717, 1.165) is 23.1 Å². The summed E-state index contributed by atoms with van der Waals surface area (Å²) in [7, 11) is -1.84. The van der Waals surface area contributed by atoms with Crippen LogP contribution >= 0.6 is 0 Å². The third-order valence-electron chi connectivity index (χ3n) is 4.02. The van der Waals surface area contributed by atoms with Crippen molar-refractivity contribution in [2.75, 3.05) is 22.9 Å². The number of nitrogens with zero attached hydrogens (tertiary/aromatic N) is 1. The molecule has 2 rings (SSSR count). The zero-order chi connectivity index (χ0) is 19.5. The molecule has 6 nitrogen and oxygen atoms in total. The van der Waals surface area contributed by atoms with Crippen LogP contribution in [0.2, 0.25) is 0 Å². The van der Waals surface area contributed by atoms with Crippen molar-refractivity contribution in [3.63, 3.8) is 0 Å². The minimum Gasteiger partial charge on any atom is -0.481 e. The number of sulfonamides is 1. The second-order valence-electron chi connectivity index (χ2n) is 6.29. The Kier molecular flexibility index (Phi) is 5.92. The van der Waals surface area contributed by atoms with Gasteiger partial charge in [-0.05, 0) is 56.7 Å².